The Labute approximate surface area is 43.7 Å². The van der Waals surface area contributed by atoms with Crippen LogP contribution in [0.3, 0.4) is 0 Å². The molecule has 5 nitrogen and oxygen atoms in total. The number of nitrogens with one attached hydrogen (secondary N) is 1. The van der Waals surface area contributed by atoms with E-state index in [0.29, 0.717) is 0 Å². The fourth-order valence-corrected chi connectivity index (χ4v) is 0.173. The maximum atomic E-state index is 9.31. The van der Waals surface area contributed by atoms with Crippen LogP contribution in [0, 0.1) is 21.6 Å². The van der Waals surface area contributed by atoms with E-state index in [1.165, 1.54) is 6.19 Å². The monoisotopic (exact) mass is 119 g/mol. The average Bonchev–Trinajstić information content (AvgIpc) is 1.61. The summed E-state index contributed by atoms with van der Waals surface area (Å²) < 4.78 is 1.07. The zero-order valence-electron chi connectivity index (χ0n) is 3.12. The van der Waals surface area contributed by atoms with Crippen molar-refractivity contribution in [3.8, 4) is 6.19 Å². The molecule has 0 aliphatic carbocycles. The van der Waals surface area contributed by atoms with Crippen molar-refractivity contribution in [2.75, 3.05) is 0 Å². The molecule has 0 spiro atoms. The van der Waals surface area contributed by atoms with Crippen LogP contribution in [-0.2, 0) is 0 Å². The first kappa shape index (κ1) is 6.04. The van der Waals surface area contributed by atoms with Gasteiger partial charge in [-0.3, -0.25) is 0 Å². The molecule has 0 aromatic rings. The fourth-order valence-electron chi connectivity index (χ4n) is 0.0577. The van der Waals surface area contributed by atoms with Crippen LogP contribution in [0.25, 0.3) is 0 Å². The highest BCUT2D eigenvalue weighted by molar-refractivity contribution is 7.91. The van der Waals surface area contributed by atoms with Crippen molar-refractivity contribution in [3.63, 3.8) is 0 Å². The maximum Gasteiger partial charge on any atom is 0.362 e. The molecular weight excluding hydrogens is 118 g/mol. The first-order chi connectivity index (χ1) is 3.27. The predicted octanol–water partition coefficient (Wildman–Crippen LogP) is -0.103. The highest BCUT2D eigenvalue weighted by atomic mass is 32.2. The lowest BCUT2D eigenvalue weighted by Gasteiger charge is -1.76. The van der Waals surface area contributed by atoms with E-state index >= 15 is 0 Å². The minimum atomic E-state index is -0.705. The Balaban J connectivity index is 3.02. The van der Waals surface area contributed by atoms with Crippen molar-refractivity contribution in [2.45, 2.75) is 0 Å². The largest absolute Gasteiger partial charge is 0.362 e. The van der Waals surface area contributed by atoms with Crippen LogP contribution >= 0.6 is 12.1 Å². The zero-order valence-corrected chi connectivity index (χ0v) is 3.94. The molecule has 0 unspecified atom stereocenters. The van der Waals surface area contributed by atoms with Crippen LogP contribution in [0.2, 0.25) is 0 Å². The average molecular weight is 119 g/mol. The summed E-state index contributed by atoms with van der Waals surface area (Å²) >= 11 is 0.142. The van der Waals surface area contributed by atoms with Crippen molar-refractivity contribution < 1.29 is 4.33 Å². The predicted molar refractivity (Wildman–Crippen MR) is 23.3 cm³/mol. The Morgan fingerprint density at radius 3 is 2.71 bits per heavy atom. The van der Waals surface area contributed by atoms with Gasteiger partial charge in [-0.1, -0.05) is 0 Å². The number of hydrogen-bond acceptors (Lipinski definition) is 5. The SMILES string of the molecule is N#CNS[N+](=O)[O-]. The van der Waals surface area contributed by atoms with Crippen LogP contribution in [0.4, 0.5) is 0 Å². The first-order valence-corrected chi connectivity index (χ1v) is 2.00. The van der Waals surface area contributed by atoms with E-state index in [4.69, 9.17) is 5.26 Å². The second kappa shape index (κ2) is 3.24. The third-order valence-electron chi connectivity index (χ3n) is 0.166. The van der Waals surface area contributed by atoms with Crippen molar-refractivity contribution in [1.82, 2.24) is 4.72 Å². The lowest BCUT2D eigenvalue weighted by atomic mass is 11.5. The van der Waals surface area contributed by atoms with Crippen LogP contribution in [0.5, 0.6) is 0 Å². The molecule has 0 atom stereocenters. The van der Waals surface area contributed by atoms with Gasteiger partial charge in [-0.25, -0.2) is 14.8 Å². The summed E-state index contributed by atoms with van der Waals surface area (Å²) in [7, 11) is 0. The molecule has 0 radical (unpaired) electrons. The Bertz CT molecular complexity index is 106. The zero-order chi connectivity index (χ0) is 5.70. The molecule has 0 saturated heterocycles. The summed E-state index contributed by atoms with van der Waals surface area (Å²) in [4.78, 5) is 9.31. The van der Waals surface area contributed by atoms with Gasteiger partial charge < -0.3 is 0 Å². The fraction of sp³-hybridized carbons (Fsp3) is 0. The molecule has 6 heteroatoms. The summed E-state index contributed by atoms with van der Waals surface area (Å²) in [6, 6.07) is 0. The lowest BCUT2D eigenvalue weighted by Crippen LogP contribution is -1.96. The Kier molecular flexibility index (Phi) is 2.79. The molecule has 0 heterocycles. The number of nitro groups is 1. The molecular formula is CHN3O2S. The smallest absolute Gasteiger partial charge is 0.249 e. The van der Waals surface area contributed by atoms with Gasteiger partial charge in [0.05, 0.1) is 0 Å². The van der Waals surface area contributed by atoms with Gasteiger partial charge in [0.2, 0.25) is 0 Å². The molecule has 0 saturated carbocycles. The highest BCUT2D eigenvalue weighted by Crippen LogP contribution is 1.87. The summed E-state index contributed by atoms with van der Waals surface area (Å²) in [6.07, 6.45) is 1.37. The summed E-state index contributed by atoms with van der Waals surface area (Å²) in [5, 5.41) is 16.9. The molecule has 7 heavy (non-hydrogen) atoms. The van der Waals surface area contributed by atoms with Crippen molar-refractivity contribution >= 4 is 12.1 Å². The quantitative estimate of drug-likeness (QED) is 0.180. The van der Waals surface area contributed by atoms with Gasteiger partial charge in [-0.2, -0.15) is 5.26 Å². The van der Waals surface area contributed by atoms with Gasteiger partial charge in [-0.15, -0.1) is 0 Å². The summed E-state index contributed by atoms with van der Waals surface area (Å²) in [6.45, 7) is 0. The van der Waals surface area contributed by atoms with Crippen LogP contribution in [-0.4, -0.2) is 4.33 Å². The van der Waals surface area contributed by atoms with Crippen molar-refractivity contribution in [2.24, 2.45) is 0 Å². The van der Waals surface area contributed by atoms with Gasteiger partial charge in [-0.05, 0) is 0 Å². The molecule has 0 aromatic heterocycles. The summed E-state index contributed by atoms with van der Waals surface area (Å²) in [5.41, 5.74) is 0. The molecule has 0 bridgehead atoms. The Morgan fingerprint density at radius 2 is 2.57 bits per heavy atom. The molecule has 38 valence electrons. The third kappa shape index (κ3) is 5.04. The molecule has 0 aromatic carbocycles. The van der Waals surface area contributed by atoms with Gasteiger partial charge in [0.25, 0.3) is 0 Å². The molecule has 0 aliphatic heterocycles. The number of nitrogens with zero attached hydrogens (tertiary/aromatic N) is 2. The van der Waals surface area contributed by atoms with Crippen LogP contribution in [0.1, 0.15) is 0 Å². The number of nitriles is 1. The van der Waals surface area contributed by atoms with E-state index in [-0.39, 0.29) is 12.1 Å². The van der Waals surface area contributed by atoms with E-state index in [0.717, 1.165) is 0 Å². The van der Waals surface area contributed by atoms with E-state index in [1.807, 2.05) is 0 Å². The van der Waals surface area contributed by atoms with Crippen molar-refractivity contribution in [3.05, 3.63) is 10.1 Å². The van der Waals surface area contributed by atoms with Gasteiger partial charge in [0.15, 0.2) is 6.19 Å². The normalized spacial score (nSPS) is 6.71. The first-order valence-electron chi connectivity index (χ1n) is 1.23. The van der Waals surface area contributed by atoms with E-state index in [2.05, 4.69) is 0 Å². The van der Waals surface area contributed by atoms with Crippen LogP contribution < -0.4 is 4.72 Å². The topological polar surface area (TPSA) is 79.0 Å². The molecule has 0 fully saturated rings. The minimum absolute atomic E-state index is 0.142. The standard InChI is InChI=1S/CHN3O2S/c2-1-3-7-4(5)6/h3H. The molecule has 0 amide bonds. The Morgan fingerprint density at radius 1 is 2.00 bits per heavy atom. The second-order valence-electron chi connectivity index (χ2n) is 0.529. The highest BCUT2D eigenvalue weighted by Gasteiger charge is 1.93. The lowest BCUT2D eigenvalue weighted by molar-refractivity contribution is -0.285. The molecule has 1 N–H and O–H groups in total. The van der Waals surface area contributed by atoms with E-state index in [9.17, 15) is 10.1 Å². The third-order valence-corrected chi connectivity index (χ3v) is 0.497. The van der Waals surface area contributed by atoms with Crippen molar-refractivity contribution in [1.29, 1.82) is 5.26 Å². The van der Waals surface area contributed by atoms with E-state index < -0.39 is 4.33 Å². The summed E-state index contributed by atoms with van der Waals surface area (Å²) in [5.74, 6) is 0. The molecule has 0 aliphatic rings. The molecule has 0 rings (SSSR count). The number of rotatable bonds is 2. The van der Waals surface area contributed by atoms with Crippen LogP contribution in [0.15, 0.2) is 0 Å². The van der Waals surface area contributed by atoms with Gasteiger partial charge in [0.1, 0.15) is 4.33 Å². The maximum absolute atomic E-state index is 9.31. The minimum Gasteiger partial charge on any atom is -0.249 e. The van der Waals surface area contributed by atoms with Gasteiger partial charge >= 0.3 is 12.1 Å². The van der Waals surface area contributed by atoms with Gasteiger partial charge in [0, 0.05) is 0 Å². The Hall–Kier alpha value is -0.960. The number of hydrogen-bond donors (Lipinski definition) is 1. The second-order valence-corrected chi connectivity index (χ2v) is 1.21. The van der Waals surface area contributed by atoms with E-state index in [1.54, 1.807) is 4.72 Å².